The van der Waals surface area contributed by atoms with Crippen LogP contribution in [0.2, 0.25) is 0 Å². The summed E-state index contributed by atoms with van der Waals surface area (Å²) in [6.07, 6.45) is 0. The Morgan fingerprint density at radius 1 is 0.276 bits per heavy atom. The molecule has 0 fully saturated rings. The van der Waals surface area contributed by atoms with Crippen LogP contribution in [-0.4, -0.2) is 19.9 Å². The average molecular weight is 775 g/mol. The van der Waals surface area contributed by atoms with E-state index >= 15 is 0 Å². The molecule has 0 radical (unpaired) electrons. The minimum Gasteiger partial charge on any atom is -0.247 e. The molecule has 0 aliphatic rings. The summed E-state index contributed by atoms with van der Waals surface area (Å²) in [5, 5.41) is 8.67. The van der Waals surface area contributed by atoms with Gasteiger partial charge in [0.05, 0.1) is 11.2 Å². The summed E-state index contributed by atoms with van der Waals surface area (Å²) in [6, 6.07) is 64.4. The van der Waals surface area contributed by atoms with Crippen molar-refractivity contribution >= 4 is 84.7 Å². The van der Waals surface area contributed by atoms with Crippen LogP contribution in [0.4, 0.5) is 0 Å². The predicted molar refractivity (Wildman–Crippen MR) is 246 cm³/mol. The van der Waals surface area contributed by atoms with Gasteiger partial charge < -0.3 is 0 Å². The Kier molecular flexibility index (Phi) is 7.55. The first-order valence-corrected chi connectivity index (χ1v) is 20.9. The summed E-state index contributed by atoms with van der Waals surface area (Å²) in [5.41, 5.74) is 8.30. The van der Waals surface area contributed by atoms with E-state index in [-0.39, 0.29) is 0 Å². The number of thiophene rings is 2. The zero-order valence-electron chi connectivity index (χ0n) is 30.9. The molecule has 0 N–H and O–H groups in total. The maximum atomic E-state index is 5.20. The van der Waals surface area contributed by atoms with Gasteiger partial charge in [0.15, 0.2) is 17.5 Å². The minimum absolute atomic E-state index is 0.646. The zero-order valence-corrected chi connectivity index (χ0v) is 32.6. The maximum Gasteiger partial charge on any atom is 0.164 e. The number of benzene rings is 8. The fourth-order valence-corrected chi connectivity index (χ4v) is 10.6. The summed E-state index contributed by atoms with van der Waals surface area (Å²) in [4.78, 5) is 20.3. The van der Waals surface area contributed by atoms with Gasteiger partial charge in [0.1, 0.15) is 0 Å². The second-order valence-electron chi connectivity index (χ2n) is 14.6. The van der Waals surface area contributed by atoms with Gasteiger partial charge in [0, 0.05) is 78.8 Å². The molecule has 4 nitrogen and oxygen atoms in total. The molecule has 0 spiro atoms. The molecule has 0 saturated heterocycles. The van der Waals surface area contributed by atoms with Crippen molar-refractivity contribution in [1.82, 2.24) is 19.9 Å². The molecule has 270 valence electrons. The first-order chi connectivity index (χ1) is 28.7. The van der Waals surface area contributed by atoms with Crippen molar-refractivity contribution in [2.45, 2.75) is 0 Å². The van der Waals surface area contributed by atoms with Gasteiger partial charge in [-0.05, 0) is 47.5 Å². The summed E-state index contributed by atoms with van der Waals surface area (Å²) in [5.74, 6) is 1.96. The van der Waals surface area contributed by atoms with E-state index < -0.39 is 0 Å². The number of aromatic nitrogens is 4. The predicted octanol–water partition coefficient (Wildman–Crippen LogP) is 14.6. The molecule has 0 unspecified atom stereocenters. The first-order valence-electron chi connectivity index (χ1n) is 19.3. The lowest BCUT2D eigenvalue weighted by Crippen LogP contribution is -2.00. The molecule has 0 amide bonds. The van der Waals surface area contributed by atoms with Gasteiger partial charge in [-0.3, -0.25) is 0 Å². The van der Waals surface area contributed by atoms with E-state index in [1.54, 1.807) is 11.3 Å². The van der Waals surface area contributed by atoms with Crippen molar-refractivity contribution < 1.29 is 0 Å². The van der Waals surface area contributed by atoms with E-state index in [0.717, 1.165) is 44.6 Å². The number of fused-ring (bicyclic) bond motifs is 10. The maximum absolute atomic E-state index is 5.20. The summed E-state index contributed by atoms with van der Waals surface area (Å²) >= 11 is 3.65. The SMILES string of the molecule is c1ccc(-c2nc(-c3ccc(-c4ccc5sc6ccc7c(-c8ccccc8)nc8ccccc8c7c6c5c4)cc3)nc(-c3ccc4c(c3)sc3ccccc34)n2)cc1. The zero-order chi connectivity index (χ0) is 38.2. The third-order valence-corrected chi connectivity index (χ3v) is 13.4. The van der Waals surface area contributed by atoms with E-state index in [1.807, 2.05) is 29.5 Å². The Balaban J connectivity index is 0.977. The van der Waals surface area contributed by atoms with Gasteiger partial charge in [-0.1, -0.05) is 146 Å². The number of hydrogen-bond acceptors (Lipinski definition) is 6. The topological polar surface area (TPSA) is 51.6 Å². The van der Waals surface area contributed by atoms with E-state index in [9.17, 15) is 0 Å². The normalized spacial score (nSPS) is 11.8. The molecule has 0 atom stereocenters. The smallest absolute Gasteiger partial charge is 0.164 e. The Hall–Kier alpha value is -7.12. The highest BCUT2D eigenvalue weighted by atomic mass is 32.1. The molecular formula is C52H30N4S2. The van der Waals surface area contributed by atoms with Gasteiger partial charge in [-0.2, -0.15) is 0 Å². The average Bonchev–Trinajstić information content (AvgIpc) is 3.87. The van der Waals surface area contributed by atoms with Crippen molar-refractivity contribution in [3.05, 3.63) is 182 Å². The second-order valence-corrected chi connectivity index (χ2v) is 16.7. The monoisotopic (exact) mass is 774 g/mol. The molecule has 12 rings (SSSR count). The van der Waals surface area contributed by atoms with Crippen LogP contribution in [0.25, 0.3) is 119 Å². The number of nitrogens with zero attached hydrogens (tertiary/aromatic N) is 4. The molecule has 12 aromatic rings. The van der Waals surface area contributed by atoms with Crippen LogP contribution < -0.4 is 0 Å². The number of hydrogen-bond donors (Lipinski definition) is 0. The molecule has 4 aromatic heterocycles. The lowest BCUT2D eigenvalue weighted by Gasteiger charge is -2.12. The molecule has 0 aliphatic heterocycles. The second kappa shape index (κ2) is 13.2. The lowest BCUT2D eigenvalue weighted by atomic mass is 9.95. The van der Waals surface area contributed by atoms with Crippen molar-refractivity contribution in [1.29, 1.82) is 0 Å². The van der Waals surface area contributed by atoms with Gasteiger partial charge >= 0.3 is 0 Å². The third-order valence-electron chi connectivity index (χ3n) is 11.1. The molecule has 8 aromatic carbocycles. The van der Waals surface area contributed by atoms with Crippen LogP contribution in [-0.2, 0) is 0 Å². The largest absolute Gasteiger partial charge is 0.247 e. The van der Waals surface area contributed by atoms with Crippen molar-refractivity contribution in [2.75, 3.05) is 0 Å². The van der Waals surface area contributed by atoms with Crippen molar-refractivity contribution in [3.8, 4) is 56.5 Å². The number of para-hydroxylation sites is 1. The molecule has 4 heterocycles. The number of pyridine rings is 1. The van der Waals surface area contributed by atoms with Crippen LogP contribution in [0.3, 0.4) is 0 Å². The first kappa shape index (κ1) is 33.1. The van der Waals surface area contributed by atoms with E-state index in [2.05, 4.69) is 164 Å². The fraction of sp³-hybridized carbons (Fsp3) is 0. The van der Waals surface area contributed by atoms with Crippen LogP contribution >= 0.6 is 22.7 Å². The van der Waals surface area contributed by atoms with Gasteiger partial charge in [-0.25, -0.2) is 19.9 Å². The number of rotatable bonds is 5. The highest BCUT2D eigenvalue weighted by molar-refractivity contribution is 7.26. The van der Waals surface area contributed by atoms with E-state index in [1.165, 1.54) is 56.5 Å². The van der Waals surface area contributed by atoms with Gasteiger partial charge in [-0.15, -0.1) is 22.7 Å². The van der Waals surface area contributed by atoms with Crippen LogP contribution in [0, 0.1) is 0 Å². The summed E-state index contributed by atoms with van der Waals surface area (Å²) < 4.78 is 5.04. The molecular weight excluding hydrogens is 745 g/mol. The van der Waals surface area contributed by atoms with Crippen molar-refractivity contribution in [3.63, 3.8) is 0 Å². The molecule has 0 bridgehead atoms. The van der Waals surface area contributed by atoms with E-state index in [0.29, 0.717) is 17.5 Å². The highest BCUT2D eigenvalue weighted by Gasteiger charge is 2.18. The highest BCUT2D eigenvalue weighted by Crippen LogP contribution is 2.44. The molecule has 58 heavy (non-hydrogen) atoms. The third kappa shape index (κ3) is 5.41. The van der Waals surface area contributed by atoms with Gasteiger partial charge in [0.25, 0.3) is 0 Å². The van der Waals surface area contributed by atoms with Crippen molar-refractivity contribution in [2.24, 2.45) is 0 Å². The quantitative estimate of drug-likeness (QED) is 0.163. The Morgan fingerprint density at radius 2 is 0.810 bits per heavy atom. The summed E-state index contributed by atoms with van der Waals surface area (Å²) in [6.45, 7) is 0. The Bertz CT molecular complexity index is 3560. The standard InChI is InChI=1S/C52H30N4S2/c1-3-11-32(12-4-1)49-40-26-28-45-48(47(40)39-16-7-9-17-42(39)53-49)41-29-35(24-27-44(41)57-45)31-19-21-34(22-20-31)51-54-50(33-13-5-2-6-14-33)55-52(56-51)36-23-25-38-37-15-8-10-18-43(37)58-46(38)30-36/h1-30H. The molecule has 0 saturated carbocycles. The summed E-state index contributed by atoms with van der Waals surface area (Å²) in [7, 11) is 0. The van der Waals surface area contributed by atoms with Crippen LogP contribution in [0.5, 0.6) is 0 Å². The molecule has 6 heteroatoms. The van der Waals surface area contributed by atoms with E-state index in [4.69, 9.17) is 19.9 Å². The van der Waals surface area contributed by atoms with Gasteiger partial charge in [0.2, 0.25) is 0 Å². The Labute approximate surface area is 341 Å². The lowest BCUT2D eigenvalue weighted by molar-refractivity contribution is 1.07. The van der Waals surface area contributed by atoms with Crippen LogP contribution in [0.15, 0.2) is 182 Å². The van der Waals surface area contributed by atoms with Crippen LogP contribution in [0.1, 0.15) is 0 Å². The molecule has 0 aliphatic carbocycles. The Morgan fingerprint density at radius 3 is 1.60 bits per heavy atom. The minimum atomic E-state index is 0.646. The fourth-order valence-electron chi connectivity index (χ4n) is 8.33.